The molecule has 0 saturated carbocycles. The number of thioether (sulfide) groups is 1. The Bertz CT molecular complexity index is 149. The molecule has 0 aromatic heterocycles. The summed E-state index contributed by atoms with van der Waals surface area (Å²) in [5.74, 6) is 0. The fourth-order valence-electron chi connectivity index (χ4n) is 0.889. The lowest BCUT2D eigenvalue weighted by atomic mass is 10.3. The third kappa shape index (κ3) is 2.58. The van der Waals surface area contributed by atoms with Crippen molar-refractivity contribution in [1.82, 2.24) is 4.90 Å². The fraction of sp³-hybridized carbons (Fsp3) is 0.500. The monoisotopic (exact) mass is 155 g/mol. The van der Waals surface area contributed by atoms with E-state index in [-0.39, 0.29) is 0 Å². The third-order valence-corrected chi connectivity index (χ3v) is 2.28. The lowest BCUT2D eigenvalue weighted by Crippen LogP contribution is -2.22. The minimum Gasteiger partial charge on any atom is -0.308 e. The highest BCUT2D eigenvalue weighted by atomic mass is 32.2. The van der Waals surface area contributed by atoms with Crippen LogP contribution in [0.5, 0.6) is 0 Å². The molecule has 1 rings (SSSR count). The van der Waals surface area contributed by atoms with Gasteiger partial charge in [0, 0.05) is 11.8 Å². The lowest BCUT2D eigenvalue weighted by molar-refractivity contribution is 0.421. The maximum Gasteiger partial charge on any atom is 0.0398 e. The summed E-state index contributed by atoms with van der Waals surface area (Å²) in [6.45, 7) is 1.13. The first-order valence-corrected chi connectivity index (χ1v) is 4.37. The van der Waals surface area contributed by atoms with Crippen molar-refractivity contribution in [1.29, 1.82) is 0 Å². The summed E-state index contributed by atoms with van der Waals surface area (Å²) in [7, 11) is 4.21. The van der Waals surface area contributed by atoms with Gasteiger partial charge >= 0.3 is 0 Å². The highest BCUT2D eigenvalue weighted by molar-refractivity contribution is 8.02. The molecular weight excluding hydrogens is 142 g/mol. The zero-order valence-electron chi connectivity index (χ0n) is 6.45. The number of hydrogen-bond acceptors (Lipinski definition) is 2. The molecule has 0 N–H and O–H groups in total. The number of hydrogen-bond donors (Lipinski definition) is 0. The average molecular weight is 155 g/mol. The molecule has 1 unspecified atom stereocenters. The van der Waals surface area contributed by atoms with E-state index in [9.17, 15) is 0 Å². The van der Waals surface area contributed by atoms with Crippen molar-refractivity contribution >= 4 is 11.8 Å². The second-order valence-electron chi connectivity index (χ2n) is 2.65. The van der Waals surface area contributed by atoms with Crippen molar-refractivity contribution in [3.63, 3.8) is 0 Å². The van der Waals surface area contributed by atoms with Crippen LogP contribution in [-0.2, 0) is 0 Å². The van der Waals surface area contributed by atoms with E-state index in [1.54, 1.807) is 0 Å². The van der Waals surface area contributed by atoms with Gasteiger partial charge in [0.25, 0.3) is 0 Å². The summed E-state index contributed by atoms with van der Waals surface area (Å²) >= 11 is 1.88. The van der Waals surface area contributed by atoms with Gasteiger partial charge in [-0.2, -0.15) is 0 Å². The van der Waals surface area contributed by atoms with Crippen LogP contribution in [0.4, 0.5) is 0 Å². The van der Waals surface area contributed by atoms with E-state index in [1.807, 2.05) is 11.8 Å². The van der Waals surface area contributed by atoms with Crippen LogP contribution in [-0.4, -0.2) is 30.8 Å². The van der Waals surface area contributed by atoms with Gasteiger partial charge in [-0.25, -0.2) is 0 Å². The van der Waals surface area contributed by atoms with E-state index in [0.717, 1.165) is 6.54 Å². The fourth-order valence-corrected chi connectivity index (χ4v) is 1.84. The third-order valence-electron chi connectivity index (χ3n) is 1.31. The van der Waals surface area contributed by atoms with Crippen LogP contribution in [0.2, 0.25) is 0 Å². The highest BCUT2D eigenvalue weighted by Gasteiger charge is 2.05. The maximum absolute atomic E-state index is 2.24. The molecule has 0 spiro atoms. The predicted molar refractivity (Wildman–Crippen MR) is 48.2 cm³/mol. The predicted octanol–water partition coefficient (Wildman–Crippen LogP) is 1.73. The maximum atomic E-state index is 2.24. The van der Waals surface area contributed by atoms with Gasteiger partial charge in [-0.05, 0) is 19.5 Å². The number of allylic oxidation sites excluding steroid dienone is 2. The molecule has 1 aliphatic rings. The first-order valence-electron chi connectivity index (χ1n) is 3.42. The smallest absolute Gasteiger partial charge is 0.0398 e. The Labute approximate surface area is 66.8 Å². The molecule has 0 amide bonds. The van der Waals surface area contributed by atoms with Crippen LogP contribution in [0.1, 0.15) is 0 Å². The number of rotatable bonds is 2. The quantitative estimate of drug-likeness (QED) is 0.597. The molecule has 0 bridgehead atoms. The van der Waals surface area contributed by atoms with E-state index in [4.69, 9.17) is 0 Å². The normalized spacial score (nSPS) is 24.1. The van der Waals surface area contributed by atoms with Crippen LogP contribution >= 0.6 is 11.8 Å². The van der Waals surface area contributed by atoms with Crippen molar-refractivity contribution in [2.24, 2.45) is 0 Å². The zero-order valence-corrected chi connectivity index (χ0v) is 7.27. The van der Waals surface area contributed by atoms with Gasteiger partial charge in [-0.3, -0.25) is 0 Å². The van der Waals surface area contributed by atoms with Crippen molar-refractivity contribution in [2.45, 2.75) is 5.25 Å². The summed E-state index contributed by atoms with van der Waals surface area (Å²) in [6.07, 6.45) is 6.44. The first kappa shape index (κ1) is 7.89. The van der Waals surface area contributed by atoms with E-state index < -0.39 is 0 Å². The summed E-state index contributed by atoms with van der Waals surface area (Å²) in [5.41, 5.74) is 0. The van der Waals surface area contributed by atoms with Crippen LogP contribution in [0.15, 0.2) is 23.6 Å². The van der Waals surface area contributed by atoms with Crippen molar-refractivity contribution in [3.05, 3.63) is 23.6 Å². The average Bonchev–Trinajstić information content (AvgIpc) is 1.88. The Kier molecular flexibility index (Phi) is 3.03. The molecule has 1 aliphatic heterocycles. The van der Waals surface area contributed by atoms with E-state index in [2.05, 4.69) is 42.6 Å². The molecule has 0 aliphatic carbocycles. The molecule has 0 aromatic carbocycles. The minimum atomic E-state index is 0.653. The summed E-state index contributed by atoms with van der Waals surface area (Å²) in [6, 6.07) is 0. The van der Waals surface area contributed by atoms with Gasteiger partial charge in [0.05, 0.1) is 0 Å². The molecule has 10 heavy (non-hydrogen) atoms. The summed E-state index contributed by atoms with van der Waals surface area (Å²) in [5, 5.41) is 2.80. The second kappa shape index (κ2) is 3.84. The van der Waals surface area contributed by atoms with Gasteiger partial charge in [0.15, 0.2) is 0 Å². The van der Waals surface area contributed by atoms with Crippen LogP contribution in [0.3, 0.4) is 0 Å². The minimum absolute atomic E-state index is 0.653. The summed E-state index contributed by atoms with van der Waals surface area (Å²) < 4.78 is 0. The van der Waals surface area contributed by atoms with Crippen molar-refractivity contribution in [2.75, 3.05) is 20.6 Å². The molecule has 1 heterocycles. The van der Waals surface area contributed by atoms with Crippen LogP contribution in [0, 0.1) is 0 Å². The molecule has 1 nitrogen and oxygen atoms in total. The Hall–Kier alpha value is -0.210. The molecule has 0 saturated heterocycles. The van der Waals surface area contributed by atoms with Crippen molar-refractivity contribution in [3.8, 4) is 0 Å². The second-order valence-corrected chi connectivity index (χ2v) is 3.80. The van der Waals surface area contributed by atoms with Gasteiger partial charge in [0.1, 0.15) is 0 Å². The van der Waals surface area contributed by atoms with Gasteiger partial charge < -0.3 is 4.90 Å². The summed E-state index contributed by atoms with van der Waals surface area (Å²) in [4.78, 5) is 2.21. The topological polar surface area (TPSA) is 3.24 Å². The standard InChI is InChI=1S/C8H13NS/c1-9(2)7-8-5-3-4-6-10-8/h3-6,8H,7H2,1-2H3. The Morgan fingerprint density at radius 2 is 2.20 bits per heavy atom. The van der Waals surface area contributed by atoms with E-state index >= 15 is 0 Å². The molecular formula is C8H13NS. The Morgan fingerprint density at radius 1 is 1.40 bits per heavy atom. The SMILES string of the molecule is CN(C)CC1C=CC=CS1. The molecule has 2 heteroatoms. The van der Waals surface area contributed by atoms with E-state index in [0.29, 0.717) is 5.25 Å². The Morgan fingerprint density at radius 3 is 2.70 bits per heavy atom. The molecule has 0 aromatic rings. The van der Waals surface area contributed by atoms with Crippen LogP contribution in [0.25, 0.3) is 0 Å². The Balaban J connectivity index is 2.30. The van der Waals surface area contributed by atoms with E-state index in [1.165, 1.54) is 0 Å². The lowest BCUT2D eigenvalue weighted by Gasteiger charge is -2.16. The number of nitrogens with zero attached hydrogens (tertiary/aromatic N) is 1. The highest BCUT2D eigenvalue weighted by Crippen LogP contribution is 2.18. The molecule has 0 fully saturated rings. The molecule has 56 valence electrons. The molecule has 1 atom stereocenters. The zero-order chi connectivity index (χ0) is 7.40. The first-order chi connectivity index (χ1) is 4.79. The van der Waals surface area contributed by atoms with Crippen molar-refractivity contribution < 1.29 is 0 Å². The van der Waals surface area contributed by atoms with Gasteiger partial charge in [0.2, 0.25) is 0 Å². The largest absolute Gasteiger partial charge is 0.308 e. The van der Waals surface area contributed by atoms with Gasteiger partial charge in [-0.1, -0.05) is 18.2 Å². The van der Waals surface area contributed by atoms with Gasteiger partial charge in [-0.15, -0.1) is 11.8 Å². The molecule has 0 radical (unpaired) electrons. The van der Waals surface area contributed by atoms with Crippen LogP contribution < -0.4 is 0 Å².